The van der Waals surface area contributed by atoms with Crippen LogP contribution in [0.15, 0.2) is 59.6 Å². The molecule has 0 N–H and O–H groups in total. The summed E-state index contributed by atoms with van der Waals surface area (Å²) in [6.07, 6.45) is 4.08. The summed E-state index contributed by atoms with van der Waals surface area (Å²) in [5.74, 6) is -0.0319. The van der Waals surface area contributed by atoms with Gasteiger partial charge in [-0.3, -0.25) is 9.69 Å². The summed E-state index contributed by atoms with van der Waals surface area (Å²) in [6.45, 7) is 2.90. The number of fused-ring (bicyclic) bond motifs is 1. The lowest BCUT2D eigenvalue weighted by molar-refractivity contribution is -0.121. The van der Waals surface area contributed by atoms with Crippen LogP contribution in [0.2, 0.25) is 0 Å². The van der Waals surface area contributed by atoms with Crippen LogP contribution in [0.5, 0.6) is 0 Å². The summed E-state index contributed by atoms with van der Waals surface area (Å²) in [4.78, 5) is 14.5. The van der Waals surface area contributed by atoms with Crippen molar-refractivity contribution in [2.24, 2.45) is 0 Å². The molecule has 0 aliphatic carbocycles. The number of para-hydroxylation sites is 1. The van der Waals surface area contributed by atoms with Crippen molar-refractivity contribution in [1.82, 2.24) is 9.47 Å². The van der Waals surface area contributed by atoms with Gasteiger partial charge in [0.25, 0.3) is 5.91 Å². The van der Waals surface area contributed by atoms with Gasteiger partial charge in [0.2, 0.25) is 0 Å². The molecule has 1 aliphatic heterocycles. The Hall–Kier alpha value is -2.37. The molecular weight excluding hydrogens is 360 g/mol. The van der Waals surface area contributed by atoms with Gasteiger partial charge in [0.05, 0.1) is 4.91 Å². The van der Waals surface area contributed by atoms with E-state index in [0.29, 0.717) is 9.23 Å². The normalized spacial score (nSPS) is 16.2. The van der Waals surface area contributed by atoms with Crippen LogP contribution in [-0.2, 0) is 11.3 Å². The maximum absolute atomic E-state index is 12.3. The third-order valence-electron chi connectivity index (χ3n) is 4.53. The van der Waals surface area contributed by atoms with Gasteiger partial charge in [0.1, 0.15) is 4.32 Å². The lowest BCUT2D eigenvalue weighted by Gasteiger charge is -2.06. The molecule has 0 unspecified atom stereocenters. The molecule has 0 atom stereocenters. The van der Waals surface area contributed by atoms with E-state index < -0.39 is 0 Å². The van der Waals surface area contributed by atoms with E-state index in [0.717, 1.165) is 23.0 Å². The quantitative estimate of drug-likeness (QED) is 0.482. The highest BCUT2D eigenvalue weighted by Gasteiger charge is 2.29. The molecule has 0 bridgehead atoms. The fourth-order valence-corrected chi connectivity index (χ4v) is 4.39. The highest BCUT2D eigenvalue weighted by Crippen LogP contribution is 2.33. The lowest BCUT2D eigenvalue weighted by Crippen LogP contribution is -2.22. The highest BCUT2D eigenvalue weighted by atomic mass is 32.2. The largest absolute Gasteiger partial charge is 0.342 e. The number of carbonyl (C=O) groups is 1. The summed E-state index contributed by atoms with van der Waals surface area (Å²) in [5.41, 5.74) is 4.72. The van der Waals surface area contributed by atoms with Crippen molar-refractivity contribution in [3.05, 3.63) is 76.3 Å². The third-order valence-corrected chi connectivity index (χ3v) is 6.01. The van der Waals surface area contributed by atoms with Gasteiger partial charge < -0.3 is 4.57 Å². The lowest BCUT2D eigenvalue weighted by atomic mass is 10.1. The van der Waals surface area contributed by atoms with Gasteiger partial charge in [-0.2, -0.15) is 0 Å². The Kier molecular flexibility index (Phi) is 4.42. The summed E-state index contributed by atoms with van der Waals surface area (Å²) in [6, 6.07) is 16.8. The zero-order valence-electron chi connectivity index (χ0n) is 14.6. The van der Waals surface area contributed by atoms with Crippen molar-refractivity contribution >= 4 is 51.2 Å². The maximum atomic E-state index is 12.3. The number of aromatic nitrogens is 1. The van der Waals surface area contributed by atoms with Crippen molar-refractivity contribution in [3.8, 4) is 0 Å². The van der Waals surface area contributed by atoms with Crippen molar-refractivity contribution in [3.63, 3.8) is 0 Å². The van der Waals surface area contributed by atoms with Gasteiger partial charge in [-0.25, -0.2) is 0 Å². The molecule has 2 aromatic carbocycles. The summed E-state index contributed by atoms with van der Waals surface area (Å²) < 4.78 is 2.84. The van der Waals surface area contributed by atoms with Gasteiger partial charge in [0.15, 0.2) is 0 Å². The zero-order valence-corrected chi connectivity index (χ0v) is 16.2. The minimum atomic E-state index is -0.0319. The van der Waals surface area contributed by atoms with Gasteiger partial charge in [0, 0.05) is 36.3 Å². The zero-order chi connectivity index (χ0) is 18.3. The van der Waals surface area contributed by atoms with Crippen molar-refractivity contribution < 1.29 is 4.79 Å². The molecule has 0 saturated carbocycles. The maximum Gasteiger partial charge on any atom is 0.265 e. The van der Waals surface area contributed by atoms with Crippen molar-refractivity contribution in [2.45, 2.75) is 13.5 Å². The first-order chi connectivity index (χ1) is 12.5. The summed E-state index contributed by atoms with van der Waals surface area (Å²) in [7, 11) is 1.72. The number of aryl methyl sites for hydroxylation is 1. The Bertz CT molecular complexity index is 1060. The molecule has 0 radical (unpaired) electrons. The first kappa shape index (κ1) is 17.1. The van der Waals surface area contributed by atoms with E-state index in [-0.39, 0.29) is 5.91 Å². The number of amides is 1. The number of benzene rings is 2. The molecule has 1 aliphatic rings. The van der Waals surface area contributed by atoms with Crippen LogP contribution in [-0.4, -0.2) is 26.7 Å². The molecule has 3 aromatic rings. The van der Waals surface area contributed by atoms with Crippen LogP contribution in [0.3, 0.4) is 0 Å². The first-order valence-electron chi connectivity index (χ1n) is 8.38. The molecule has 4 rings (SSSR count). The molecule has 0 spiro atoms. The Morgan fingerprint density at radius 3 is 2.69 bits per heavy atom. The average molecular weight is 379 g/mol. The van der Waals surface area contributed by atoms with Crippen LogP contribution in [0.1, 0.15) is 16.7 Å². The molecule has 5 heteroatoms. The van der Waals surface area contributed by atoms with Gasteiger partial charge >= 0.3 is 0 Å². The predicted molar refractivity (Wildman–Crippen MR) is 113 cm³/mol. The van der Waals surface area contributed by atoms with E-state index in [1.807, 2.05) is 18.2 Å². The van der Waals surface area contributed by atoms with Crippen LogP contribution in [0.25, 0.3) is 17.0 Å². The van der Waals surface area contributed by atoms with Gasteiger partial charge in [-0.15, -0.1) is 0 Å². The first-order valence-corrected chi connectivity index (χ1v) is 9.60. The van der Waals surface area contributed by atoms with E-state index >= 15 is 0 Å². The van der Waals surface area contributed by atoms with E-state index in [9.17, 15) is 4.79 Å². The predicted octanol–water partition coefficient (Wildman–Crippen LogP) is 4.83. The monoisotopic (exact) mass is 378 g/mol. The Morgan fingerprint density at radius 1 is 1.15 bits per heavy atom. The summed E-state index contributed by atoms with van der Waals surface area (Å²) in [5, 5.41) is 1.14. The molecule has 1 amide bonds. The number of carbonyl (C=O) groups excluding carboxylic acids is 1. The second kappa shape index (κ2) is 6.74. The fourth-order valence-electron chi connectivity index (χ4n) is 3.22. The van der Waals surface area contributed by atoms with Crippen molar-refractivity contribution in [1.29, 1.82) is 0 Å². The minimum Gasteiger partial charge on any atom is -0.342 e. The standard InChI is InChI=1S/C21H18N2OS2/c1-14-6-5-7-15(10-14)12-23-13-16(17-8-3-4-9-18(17)23)11-19-20(24)22(2)21(25)26-19/h3-11,13H,12H2,1-2H3. The molecule has 3 nitrogen and oxygen atoms in total. The molecular formula is C21H18N2OS2. The number of nitrogens with zero attached hydrogens (tertiary/aromatic N) is 2. The van der Waals surface area contributed by atoms with E-state index in [1.54, 1.807) is 7.05 Å². The Labute approximate surface area is 162 Å². The molecule has 130 valence electrons. The molecule has 1 aromatic heterocycles. The summed E-state index contributed by atoms with van der Waals surface area (Å²) >= 11 is 6.59. The van der Waals surface area contributed by atoms with E-state index in [2.05, 4.69) is 54.1 Å². The van der Waals surface area contributed by atoms with Crippen LogP contribution >= 0.6 is 24.0 Å². The van der Waals surface area contributed by atoms with Gasteiger partial charge in [-0.1, -0.05) is 72.0 Å². The van der Waals surface area contributed by atoms with Crippen LogP contribution in [0, 0.1) is 6.92 Å². The van der Waals surface area contributed by atoms with Crippen LogP contribution in [0.4, 0.5) is 0 Å². The Balaban J connectivity index is 1.77. The molecule has 1 saturated heterocycles. The topological polar surface area (TPSA) is 25.2 Å². The molecule has 1 fully saturated rings. The average Bonchev–Trinajstić information content (AvgIpc) is 3.08. The number of rotatable bonds is 3. The fraction of sp³-hybridized carbons (Fsp3) is 0.143. The minimum absolute atomic E-state index is 0.0319. The second-order valence-corrected chi connectivity index (χ2v) is 8.14. The van der Waals surface area contributed by atoms with Crippen LogP contribution < -0.4 is 0 Å². The SMILES string of the molecule is Cc1cccc(Cn2cc(C=C3SC(=S)N(C)C3=O)c3ccccc32)c1. The van der Waals surface area contributed by atoms with Gasteiger partial charge in [-0.05, 0) is 24.6 Å². The van der Waals surface area contributed by atoms with Crippen molar-refractivity contribution in [2.75, 3.05) is 7.05 Å². The number of hydrogen-bond acceptors (Lipinski definition) is 3. The van der Waals surface area contributed by atoms with E-state index in [4.69, 9.17) is 12.2 Å². The number of likely N-dealkylation sites (N-methyl/N-ethyl adjacent to an activating group) is 1. The third kappa shape index (κ3) is 3.08. The molecule has 26 heavy (non-hydrogen) atoms. The molecule has 2 heterocycles. The smallest absolute Gasteiger partial charge is 0.265 e. The second-order valence-electron chi connectivity index (χ2n) is 6.46. The Morgan fingerprint density at radius 2 is 1.96 bits per heavy atom. The number of thiocarbonyl (C=S) groups is 1. The highest BCUT2D eigenvalue weighted by molar-refractivity contribution is 8.26. The number of thioether (sulfide) groups is 1. The van der Waals surface area contributed by atoms with E-state index in [1.165, 1.54) is 27.8 Å². The number of hydrogen-bond donors (Lipinski definition) is 0.